The minimum Gasteiger partial charge on any atom is -0.463 e. The molecule has 16 heavy (non-hydrogen) atoms. The Kier molecular flexibility index (Phi) is 4.56. The number of ether oxygens (including phenoxy) is 2. The first-order valence-corrected chi connectivity index (χ1v) is 5.48. The summed E-state index contributed by atoms with van der Waals surface area (Å²) in [4.78, 5) is 10.7. The normalized spacial score (nSPS) is 35.6. The van der Waals surface area contributed by atoms with E-state index >= 15 is 0 Å². The molecule has 0 bridgehead atoms. The molecule has 1 saturated heterocycles. The van der Waals surface area contributed by atoms with E-state index in [1.165, 1.54) is 6.92 Å². The van der Waals surface area contributed by atoms with Gasteiger partial charge in [0.1, 0.15) is 18.8 Å². The van der Waals surface area contributed by atoms with Gasteiger partial charge in [-0.25, -0.2) is 0 Å². The van der Waals surface area contributed by atoms with Gasteiger partial charge >= 0.3 is 5.97 Å². The standard InChI is InChI=1S/C11H20O5/c1-3-4-8-5-9(13)11(14)10(16-8)6-15-7(2)12/h8-11,13-14H,3-6H2,1-2H3/t8?,9-,10-,11+/m1/s1/i1D. The molecule has 0 radical (unpaired) electrons. The maximum atomic E-state index is 10.7. The Labute approximate surface area is 96.8 Å². The lowest BCUT2D eigenvalue weighted by molar-refractivity contribution is -0.189. The van der Waals surface area contributed by atoms with Gasteiger partial charge in [-0.1, -0.05) is 13.3 Å². The molecule has 0 spiro atoms. The summed E-state index contributed by atoms with van der Waals surface area (Å²) in [6, 6.07) is 0. The fourth-order valence-corrected chi connectivity index (χ4v) is 1.79. The highest BCUT2D eigenvalue weighted by atomic mass is 16.6. The van der Waals surface area contributed by atoms with Crippen LogP contribution in [0.15, 0.2) is 0 Å². The summed E-state index contributed by atoms with van der Waals surface area (Å²) in [5.74, 6) is -0.441. The highest BCUT2D eigenvalue weighted by molar-refractivity contribution is 5.65. The third-order valence-electron chi connectivity index (χ3n) is 2.62. The molecule has 2 N–H and O–H groups in total. The van der Waals surface area contributed by atoms with Crippen molar-refractivity contribution in [1.82, 2.24) is 0 Å². The Morgan fingerprint density at radius 1 is 1.62 bits per heavy atom. The zero-order chi connectivity index (χ0) is 12.8. The lowest BCUT2D eigenvalue weighted by atomic mass is 9.96. The first-order valence-electron chi connectivity index (χ1n) is 6.19. The topological polar surface area (TPSA) is 76.0 Å². The summed E-state index contributed by atoms with van der Waals surface area (Å²) >= 11 is 0. The highest BCUT2D eigenvalue weighted by Gasteiger charge is 2.36. The van der Waals surface area contributed by atoms with Crippen LogP contribution in [0.5, 0.6) is 0 Å². The summed E-state index contributed by atoms with van der Waals surface area (Å²) in [6.45, 7) is 1.54. The minimum absolute atomic E-state index is 0.0507. The first-order chi connectivity index (χ1) is 8.04. The number of hydrogen-bond donors (Lipinski definition) is 2. The molecule has 94 valence electrons. The Morgan fingerprint density at radius 2 is 2.38 bits per heavy atom. The second kappa shape index (κ2) is 6.18. The van der Waals surface area contributed by atoms with Gasteiger partial charge < -0.3 is 19.7 Å². The number of aliphatic hydroxyl groups excluding tert-OH is 2. The summed E-state index contributed by atoms with van der Waals surface area (Å²) in [5, 5.41) is 19.4. The Morgan fingerprint density at radius 3 is 3.00 bits per heavy atom. The van der Waals surface area contributed by atoms with Crippen molar-refractivity contribution in [3.05, 3.63) is 0 Å². The predicted octanol–water partition coefficient (Wildman–Crippen LogP) is 0.229. The second-order valence-corrected chi connectivity index (χ2v) is 4.03. The molecule has 0 aromatic carbocycles. The number of carbonyl (C=O) groups excluding carboxylic acids is 1. The fourth-order valence-electron chi connectivity index (χ4n) is 1.79. The van der Waals surface area contributed by atoms with Crippen LogP contribution in [-0.4, -0.2) is 47.2 Å². The number of aliphatic hydroxyl groups is 2. The van der Waals surface area contributed by atoms with E-state index in [-0.39, 0.29) is 12.7 Å². The maximum Gasteiger partial charge on any atom is 0.302 e. The van der Waals surface area contributed by atoms with E-state index in [4.69, 9.17) is 10.8 Å². The summed E-state index contributed by atoms with van der Waals surface area (Å²) in [7, 11) is 0. The third kappa shape index (κ3) is 3.73. The smallest absolute Gasteiger partial charge is 0.302 e. The van der Waals surface area contributed by atoms with E-state index in [1.807, 2.05) is 0 Å². The van der Waals surface area contributed by atoms with Crippen LogP contribution in [0.2, 0.25) is 0 Å². The Hall–Kier alpha value is -0.650. The molecule has 1 fully saturated rings. The van der Waals surface area contributed by atoms with Crippen LogP contribution in [0.1, 0.15) is 34.5 Å². The van der Waals surface area contributed by atoms with Crippen LogP contribution in [0.4, 0.5) is 0 Å². The van der Waals surface area contributed by atoms with Crippen molar-refractivity contribution in [2.45, 2.75) is 57.5 Å². The number of carbonyl (C=O) groups is 1. The van der Waals surface area contributed by atoms with Gasteiger partial charge in [0.15, 0.2) is 0 Å². The van der Waals surface area contributed by atoms with Crippen molar-refractivity contribution >= 4 is 5.97 Å². The van der Waals surface area contributed by atoms with Crippen LogP contribution < -0.4 is 0 Å². The Balaban J connectivity index is 2.45. The monoisotopic (exact) mass is 233 g/mol. The molecular formula is C11H20O5. The number of esters is 1. The molecule has 0 amide bonds. The summed E-state index contributed by atoms with van der Waals surface area (Å²) in [5.41, 5.74) is 0. The lowest BCUT2D eigenvalue weighted by Crippen LogP contribution is -2.50. The van der Waals surface area contributed by atoms with Gasteiger partial charge in [-0.2, -0.15) is 0 Å². The summed E-state index contributed by atoms with van der Waals surface area (Å²) in [6.07, 6.45) is -1.03. The van der Waals surface area contributed by atoms with Crippen molar-refractivity contribution in [2.24, 2.45) is 0 Å². The molecule has 0 aromatic heterocycles. The van der Waals surface area contributed by atoms with E-state index in [0.29, 0.717) is 26.2 Å². The minimum atomic E-state index is -1.03. The van der Waals surface area contributed by atoms with Crippen molar-refractivity contribution in [2.75, 3.05) is 6.61 Å². The average molecular weight is 233 g/mol. The highest BCUT2D eigenvalue weighted by Crippen LogP contribution is 2.23. The van der Waals surface area contributed by atoms with Gasteiger partial charge in [0.2, 0.25) is 0 Å². The molecular weight excluding hydrogens is 212 g/mol. The zero-order valence-corrected chi connectivity index (χ0v) is 9.46. The van der Waals surface area contributed by atoms with Crippen molar-refractivity contribution < 1.29 is 25.9 Å². The molecule has 1 aliphatic heterocycles. The van der Waals surface area contributed by atoms with E-state index < -0.39 is 24.3 Å². The quantitative estimate of drug-likeness (QED) is 0.680. The first kappa shape index (κ1) is 11.8. The van der Waals surface area contributed by atoms with Crippen molar-refractivity contribution in [3.8, 4) is 0 Å². The molecule has 1 rings (SSSR count). The molecule has 1 aliphatic rings. The van der Waals surface area contributed by atoms with Gasteiger partial charge in [-0.3, -0.25) is 4.79 Å². The third-order valence-corrected chi connectivity index (χ3v) is 2.62. The van der Waals surface area contributed by atoms with Crippen LogP contribution in [0.3, 0.4) is 0 Å². The van der Waals surface area contributed by atoms with Gasteiger partial charge in [-0.15, -0.1) is 0 Å². The van der Waals surface area contributed by atoms with Crippen LogP contribution >= 0.6 is 0 Å². The molecule has 5 heteroatoms. The molecule has 4 atom stereocenters. The molecule has 5 nitrogen and oxygen atoms in total. The SMILES string of the molecule is [2H]CCCC1C[C@@H](O)[C@H](O)[C@@H](COC(C)=O)O1. The Bertz CT molecular complexity index is 248. The molecule has 0 saturated carbocycles. The van der Waals surface area contributed by atoms with Gasteiger partial charge in [0, 0.05) is 14.7 Å². The van der Waals surface area contributed by atoms with Crippen LogP contribution in [-0.2, 0) is 14.3 Å². The second-order valence-electron chi connectivity index (χ2n) is 4.03. The lowest BCUT2D eigenvalue weighted by Gasteiger charge is -2.36. The van der Waals surface area contributed by atoms with Crippen LogP contribution in [0.25, 0.3) is 0 Å². The van der Waals surface area contributed by atoms with Crippen molar-refractivity contribution in [1.29, 1.82) is 0 Å². The molecule has 0 aromatic rings. The van der Waals surface area contributed by atoms with E-state index in [1.54, 1.807) is 0 Å². The molecule has 1 unspecified atom stereocenters. The number of rotatable bonds is 4. The van der Waals surface area contributed by atoms with Gasteiger partial charge in [-0.05, 0) is 6.42 Å². The van der Waals surface area contributed by atoms with Crippen molar-refractivity contribution in [3.63, 3.8) is 0 Å². The fraction of sp³-hybridized carbons (Fsp3) is 0.909. The zero-order valence-electron chi connectivity index (χ0n) is 10.5. The average Bonchev–Trinajstić information content (AvgIpc) is 2.28. The molecule has 0 aliphatic carbocycles. The number of hydrogen-bond acceptors (Lipinski definition) is 5. The van der Waals surface area contributed by atoms with Gasteiger partial charge in [0.25, 0.3) is 0 Å². The molecule has 1 heterocycles. The van der Waals surface area contributed by atoms with Gasteiger partial charge in [0.05, 0.1) is 12.2 Å². The van der Waals surface area contributed by atoms with E-state index in [9.17, 15) is 15.0 Å². The maximum absolute atomic E-state index is 10.7. The van der Waals surface area contributed by atoms with E-state index in [2.05, 4.69) is 0 Å². The summed E-state index contributed by atoms with van der Waals surface area (Å²) < 4.78 is 17.4. The van der Waals surface area contributed by atoms with Crippen LogP contribution in [0, 0.1) is 0 Å². The predicted molar refractivity (Wildman–Crippen MR) is 56.8 cm³/mol. The van der Waals surface area contributed by atoms with E-state index in [0.717, 1.165) is 0 Å². The largest absolute Gasteiger partial charge is 0.463 e.